The van der Waals surface area contributed by atoms with Crippen LogP contribution in [0, 0.1) is 0 Å². The predicted octanol–water partition coefficient (Wildman–Crippen LogP) is 3.62. The minimum Gasteiger partial charge on any atom is -0.493 e. The third-order valence-corrected chi connectivity index (χ3v) is 4.29. The zero-order valence-corrected chi connectivity index (χ0v) is 16.6. The first-order chi connectivity index (χ1) is 13.1. The first-order valence-corrected chi connectivity index (χ1v) is 9.11. The van der Waals surface area contributed by atoms with Gasteiger partial charge in [0.2, 0.25) is 0 Å². The summed E-state index contributed by atoms with van der Waals surface area (Å²) in [6, 6.07) is 13.1. The molecule has 0 saturated heterocycles. The third-order valence-electron chi connectivity index (χ3n) is 3.98. The predicted molar refractivity (Wildman–Crippen MR) is 109 cm³/mol. The lowest BCUT2D eigenvalue weighted by Crippen LogP contribution is -2.39. The quantitative estimate of drug-likeness (QED) is 0.504. The van der Waals surface area contributed by atoms with Crippen molar-refractivity contribution in [3.63, 3.8) is 0 Å². The Hall–Kier alpha value is -2.60. The van der Waals surface area contributed by atoms with Crippen LogP contribution in [-0.4, -0.2) is 32.8 Å². The lowest BCUT2D eigenvalue weighted by Gasteiger charge is -2.19. The van der Waals surface area contributed by atoms with E-state index in [0.29, 0.717) is 41.3 Å². The zero-order chi connectivity index (χ0) is 19.6. The Morgan fingerprint density at radius 3 is 2.52 bits per heavy atom. The summed E-state index contributed by atoms with van der Waals surface area (Å²) in [4.78, 5) is 4.36. The number of benzene rings is 2. The molecule has 2 rings (SSSR count). The maximum Gasteiger partial charge on any atom is 0.189 e. The molecule has 0 radical (unpaired) electrons. The average Bonchev–Trinajstić information content (AvgIpc) is 2.70. The van der Waals surface area contributed by atoms with Gasteiger partial charge in [0, 0.05) is 0 Å². The lowest BCUT2D eigenvalue weighted by atomic mass is 10.2. The number of halogens is 1. The van der Waals surface area contributed by atoms with E-state index in [9.17, 15) is 0 Å². The Labute approximate surface area is 165 Å². The van der Waals surface area contributed by atoms with Gasteiger partial charge in [0.05, 0.1) is 32.3 Å². The van der Waals surface area contributed by atoms with Crippen molar-refractivity contribution in [2.24, 2.45) is 10.7 Å². The first-order valence-electron chi connectivity index (χ1n) is 8.73. The smallest absolute Gasteiger partial charge is 0.189 e. The Bertz CT molecular complexity index is 768. The molecule has 0 spiro atoms. The second kappa shape index (κ2) is 10.5. The van der Waals surface area contributed by atoms with Crippen LogP contribution in [0.25, 0.3) is 0 Å². The van der Waals surface area contributed by atoms with Crippen molar-refractivity contribution < 1.29 is 14.2 Å². The van der Waals surface area contributed by atoms with Crippen molar-refractivity contribution in [2.45, 2.75) is 26.0 Å². The minimum absolute atomic E-state index is 0.0697. The van der Waals surface area contributed by atoms with Crippen molar-refractivity contribution in [1.82, 2.24) is 5.32 Å². The number of aliphatic imine (C=N–C) groups is 1. The molecule has 0 bridgehead atoms. The van der Waals surface area contributed by atoms with Crippen LogP contribution in [0.4, 0.5) is 0 Å². The second-order valence-corrected chi connectivity index (χ2v) is 6.26. The summed E-state index contributed by atoms with van der Waals surface area (Å²) in [5.41, 5.74) is 6.95. The standard InChI is InChI=1S/C20H26ClN3O3/c1-4-15(27-17-8-6-5-7-16(17)21)13-24-20(22)23-12-14-9-10-18(25-2)19(11-14)26-3/h5-11,15H,4,12-13H2,1-3H3,(H3,22,23,24). The van der Waals surface area contributed by atoms with Crippen molar-refractivity contribution in [3.05, 3.63) is 53.1 Å². The summed E-state index contributed by atoms with van der Waals surface area (Å²) in [5, 5.41) is 3.69. The molecule has 146 valence electrons. The molecule has 0 saturated carbocycles. The van der Waals surface area contributed by atoms with E-state index in [2.05, 4.69) is 10.3 Å². The second-order valence-electron chi connectivity index (χ2n) is 5.85. The van der Waals surface area contributed by atoms with Crippen LogP contribution in [0.2, 0.25) is 5.02 Å². The first kappa shape index (κ1) is 20.7. The fourth-order valence-corrected chi connectivity index (χ4v) is 2.60. The van der Waals surface area contributed by atoms with Gasteiger partial charge in [0.1, 0.15) is 11.9 Å². The van der Waals surface area contributed by atoms with Crippen LogP contribution < -0.4 is 25.3 Å². The summed E-state index contributed by atoms with van der Waals surface area (Å²) in [5.74, 6) is 2.36. The number of guanidine groups is 1. The van der Waals surface area contributed by atoms with Gasteiger partial charge in [-0.05, 0) is 36.2 Å². The van der Waals surface area contributed by atoms with Crippen LogP contribution in [-0.2, 0) is 6.54 Å². The molecule has 0 aliphatic carbocycles. The number of ether oxygens (including phenoxy) is 3. The molecule has 0 heterocycles. The summed E-state index contributed by atoms with van der Waals surface area (Å²) < 4.78 is 16.5. The van der Waals surface area contributed by atoms with Gasteiger partial charge in [0.25, 0.3) is 0 Å². The number of para-hydroxylation sites is 1. The molecule has 0 aliphatic heterocycles. The molecule has 1 unspecified atom stereocenters. The van der Waals surface area contributed by atoms with Gasteiger partial charge in [0.15, 0.2) is 17.5 Å². The molecule has 0 fully saturated rings. The van der Waals surface area contributed by atoms with Gasteiger partial charge < -0.3 is 25.3 Å². The van der Waals surface area contributed by atoms with Crippen molar-refractivity contribution in [2.75, 3.05) is 20.8 Å². The Balaban J connectivity index is 1.90. The van der Waals surface area contributed by atoms with Gasteiger partial charge in [-0.1, -0.05) is 36.7 Å². The summed E-state index contributed by atoms with van der Waals surface area (Å²) in [7, 11) is 3.21. The molecular formula is C20H26ClN3O3. The van der Waals surface area contributed by atoms with E-state index in [4.69, 9.17) is 31.5 Å². The summed E-state index contributed by atoms with van der Waals surface area (Å²) >= 11 is 6.14. The Morgan fingerprint density at radius 1 is 1.11 bits per heavy atom. The van der Waals surface area contributed by atoms with Gasteiger partial charge in [-0.25, -0.2) is 4.99 Å². The van der Waals surface area contributed by atoms with Gasteiger partial charge >= 0.3 is 0 Å². The number of rotatable bonds is 9. The fourth-order valence-electron chi connectivity index (χ4n) is 2.42. The minimum atomic E-state index is -0.0697. The van der Waals surface area contributed by atoms with Crippen LogP contribution in [0.3, 0.4) is 0 Å². The van der Waals surface area contributed by atoms with E-state index >= 15 is 0 Å². The van der Waals surface area contributed by atoms with E-state index in [1.54, 1.807) is 20.3 Å². The molecule has 1 atom stereocenters. The van der Waals surface area contributed by atoms with E-state index in [-0.39, 0.29) is 6.10 Å². The number of nitrogens with two attached hydrogens (primary N) is 1. The Kier molecular flexibility index (Phi) is 8.07. The molecular weight excluding hydrogens is 366 g/mol. The maximum atomic E-state index is 6.14. The molecule has 0 aromatic heterocycles. The number of hydrogen-bond donors (Lipinski definition) is 2. The van der Waals surface area contributed by atoms with Crippen LogP contribution in [0.5, 0.6) is 17.2 Å². The highest BCUT2D eigenvalue weighted by molar-refractivity contribution is 6.32. The molecule has 0 amide bonds. The van der Waals surface area contributed by atoms with Gasteiger partial charge in [-0.2, -0.15) is 0 Å². The monoisotopic (exact) mass is 391 g/mol. The fraction of sp³-hybridized carbons (Fsp3) is 0.350. The van der Waals surface area contributed by atoms with Crippen LogP contribution in [0.15, 0.2) is 47.5 Å². The van der Waals surface area contributed by atoms with E-state index in [1.807, 2.05) is 43.3 Å². The zero-order valence-electron chi connectivity index (χ0n) is 15.9. The van der Waals surface area contributed by atoms with Crippen LogP contribution >= 0.6 is 11.6 Å². The number of nitrogens with zero attached hydrogens (tertiary/aromatic N) is 1. The van der Waals surface area contributed by atoms with Crippen molar-refractivity contribution >= 4 is 17.6 Å². The number of nitrogens with one attached hydrogen (secondary N) is 1. The third kappa shape index (κ3) is 6.25. The average molecular weight is 392 g/mol. The summed E-state index contributed by atoms with van der Waals surface area (Å²) in [6.07, 6.45) is 0.737. The van der Waals surface area contributed by atoms with E-state index in [0.717, 1.165) is 12.0 Å². The highest BCUT2D eigenvalue weighted by atomic mass is 35.5. The molecule has 2 aromatic rings. The van der Waals surface area contributed by atoms with E-state index in [1.165, 1.54) is 0 Å². The molecule has 2 aromatic carbocycles. The number of methoxy groups -OCH3 is 2. The highest BCUT2D eigenvalue weighted by Crippen LogP contribution is 2.27. The topological polar surface area (TPSA) is 78.1 Å². The number of hydrogen-bond acceptors (Lipinski definition) is 4. The van der Waals surface area contributed by atoms with Gasteiger partial charge in [-0.3, -0.25) is 0 Å². The maximum absolute atomic E-state index is 6.14. The lowest BCUT2D eigenvalue weighted by molar-refractivity contribution is 0.200. The van der Waals surface area contributed by atoms with Gasteiger partial charge in [-0.15, -0.1) is 0 Å². The summed E-state index contributed by atoms with van der Waals surface area (Å²) in [6.45, 7) is 3.00. The van der Waals surface area contributed by atoms with Crippen molar-refractivity contribution in [3.8, 4) is 17.2 Å². The normalized spacial score (nSPS) is 12.4. The van der Waals surface area contributed by atoms with Crippen LogP contribution in [0.1, 0.15) is 18.9 Å². The largest absolute Gasteiger partial charge is 0.493 e. The molecule has 27 heavy (non-hydrogen) atoms. The Morgan fingerprint density at radius 2 is 1.85 bits per heavy atom. The molecule has 3 N–H and O–H groups in total. The molecule has 0 aliphatic rings. The SMILES string of the molecule is CCC(CNC(N)=NCc1ccc(OC)c(OC)c1)Oc1ccccc1Cl. The molecule has 6 nitrogen and oxygen atoms in total. The van der Waals surface area contributed by atoms with E-state index < -0.39 is 0 Å². The highest BCUT2D eigenvalue weighted by Gasteiger charge is 2.11. The molecule has 7 heteroatoms. The van der Waals surface area contributed by atoms with Crippen molar-refractivity contribution in [1.29, 1.82) is 0 Å².